The van der Waals surface area contributed by atoms with E-state index < -0.39 is 5.54 Å². The molecule has 0 spiro atoms. The number of carbonyl (C=O) groups is 2. The molecule has 1 N–H and O–H groups in total. The van der Waals surface area contributed by atoms with Gasteiger partial charge in [-0.3, -0.25) is 4.79 Å². The standard InChI is InChI=1S/C26H36FN3O3S/c1-18(2)10-13-29(25(32)28-26(3,4)5)16-24(31)30-14-11-23-21(12-15-34-23)22(30)17-33-20-8-6-19(27)7-9-20/h6-9,12,15,18,22H,10-11,13-14,16-17H2,1-5H3,(H,28,32)/t22-/m0/s1. The van der Waals surface area contributed by atoms with E-state index in [1.165, 1.54) is 17.0 Å². The molecule has 1 aromatic carbocycles. The van der Waals surface area contributed by atoms with Gasteiger partial charge in [-0.1, -0.05) is 13.8 Å². The summed E-state index contributed by atoms with van der Waals surface area (Å²) in [5, 5.41) is 5.02. The van der Waals surface area contributed by atoms with Gasteiger partial charge in [-0.2, -0.15) is 0 Å². The summed E-state index contributed by atoms with van der Waals surface area (Å²) >= 11 is 1.69. The van der Waals surface area contributed by atoms with Gasteiger partial charge >= 0.3 is 6.03 Å². The van der Waals surface area contributed by atoms with Crippen molar-refractivity contribution >= 4 is 23.3 Å². The summed E-state index contributed by atoms with van der Waals surface area (Å²) in [6.07, 6.45) is 1.60. The van der Waals surface area contributed by atoms with E-state index in [0.29, 0.717) is 24.8 Å². The molecule has 0 unspecified atom stereocenters. The highest BCUT2D eigenvalue weighted by Crippen LogP contribution is 2.34. The topological polar surface area (TPSA) is 61.9 Å². The zero-order chi connectivity index (χ0) is 24.9. The van der Waals surface area contributed by atoms with Crippen LogP contribution in [0.4, 0.5) is 9.18 Å². The van der Waals surface area contributed by atoms with Gasteiger partial charge in [0.25, 0.3) is 0 Å². The van der Waals surface area contributed by atoms with E-state index in [0.717, 1.165) is 18.4 Å². The fourth-order valence-corrected chi connectivity index (χ4v) is 4.83. The van der Waals surface area contributed by atoms with Gasteiger partial charge in [0.15, 0.2) is 0 Å². The number of ether oxygens (including phenoxy) is 1. The van der Waals surface area contributed by atoms with E-state index in [2.05, 4.69) is 19.2 Å². The number of fused-ring (bicyclic) bond motifs is 1. The molecule has 0 bridgehead atoms. The fourth-order valence-electron chi connectivity index (χ4n) is 3.90. The Morgan fingerprint density at radius 1 is 1.24 bits per heavy atom. The highest BCUT2D eigenvalue weighted by molar-refractivity contribution is 7.10. The molecule has 2 aromatic rings. The van der Waals surface area contributed by atoms with Crippen LogP contribution in [0.1, 0.15) is 57.5 Å². The van der Waals surface area contributed by atoms with Crippen molar-refractivity contribution in [2.45, 2.75) is 59.0 Å². The first-order valence-corrected chi connectivity index (χ1v) is 12.7. The van der Waals surface area contributed by atoms with Gasteiger partial charge in [-0.05, 0) is 80.8 Å². The largest absolute Gasteiger partial charge is 0.491 e. The first kappa shape index (κ1) is 26.0. The lowest BCUT2D eigenvalue weighted by atomic mass is 10.0. The number of thiophene rings is 1. The first-order valence-electron chi connectivity index (χ1n) is 11.8. The van der Waals surface area contributed by atoms with Crippen LogP contribution in [-0.2, 0) is 11.2 Å². The molecule has 2 heterocycles. The number of nitrogens with one attached hydrogen (secondary N) is 1. The van der Waals surface area contributed by atoms with Crippen molar-refractivity contribution in [1.29, 1.82) is 0 Å². The third-order valence-electron chi connectivity index (χ3n) is 5.71. The second-order valence-corrected chi connectivity index (χ2v) is 11.2. The van der Waals surface area contributed by atoms with Gasteiger partial charge in [-0.15, -0.1) is 11.3 Å². The summed E-state index contributed by atoms with van der Waals surface area (Å²) in [6.45, 7) is 11.4. The fraction of sp³-hybridized carbons (Fsp3) is 0.538. The van der Waals surface area contributed by atoms with Crippen LogP contribution in [-0.4, -0.2) is 53.5 Å². The predicted octanol–water partition coefficient (Wildman–Crippen LogP) is 5.25. The Morgan fingerprint density at radius 3 is 2.59 bits per heavy atom. The van der Waals surface area contributed by atoms with Crippen molar-refractivity contribution in [3.05, 3.63) is 52.0 Å². The number of carbonyl (C=O) groups excluding carboxylic acids is 2. The molecule has 0 saturated heterocycles. The van der Waals surface area contributed by atoms with Crippen molar-refractivity contribution in [2.75, 3.05) is 26.2 Å². The maximum absolute atomic E-state index is 13.5. The van der Waals surface area contributed by atoms with E-state index in [1.54, 1.807) is 28.4 Å². The Bertz CT molecular complexity index is 968. The lowest BCUT2D eigenvalue weighted by Gasteiger charge is -2.37. The summed E-state index contributed by atoms with van der Waals surface area (Å²) in [5.41, 5.74) is 0.693. The number of benzene rings is 1. The van der Waals surface area contributed by atoms with Crippen LogP contribution < -0.4 is 10.1 Å². The zero-order valence-corrected chi connectivity index (χ0v) is 21.6. The lowest BCUT2D eigenvalue weighted by molar-refractivity contribution is -0.135. The molecule has 0 aliphatic carbocycles. The average Bonchev–Trinajstić information content (AvgIpc) is 3.23. The molecule has 0 radical (unpaired) electrons. The zero-order valence-electron chi connectivity index (χ0n) is 20.8. The highest BCUT2D eigenvalue weighted by atomic mass is 32.1. The Balaban J connectivity index is 1.75. The SMILES string of the molecule is CC(C)CCN(CC(=O)N1CCc2sccc2[C@@H]1COc1ccc(F)cc1)C(=O)NC(C)(C)C. The van der Waals surface area contributed by atoms with E-state index in [-0.39, 0.29) is 36.9 Å². The van der Waals surface area contributed by atoms with Gasteiger partial charge < -0.3 is 19.9 Å². The molecule has 0 fully saturated rings. The molecular formula is C26H36FN3O3S. The second kappa shape index (κ2) is 11.2. The number of amides is 3. The van der Waals surface area contributed by atoms with E-state index >= 15 is 0 Å². The minimum absolute atomic E-state index is 0.0150. The van der Waals surface area contributed by atoms with E-state index in [4.69, 9.17) is 4.74 Å². The van der Waals surface area contributed by atoms with Gasteiger partial charge in [0.1, 0.15) is 24.7 Å². The van der Waals surface area contributed by atoms with Crippen LogP contribution in [0, 0.1) is 11.7 Å². The first-order chi connectivity index (χ1) is 16.0. The van der Waals surface area contributed by atoms with E-state index in [9.17, 15) is 14.0 Å². The molecule has 3 rings (SSSR count). The van der Waals surface area contributed by atoms with Gasteiger partial charge in [0.2, 0.25) is 5.91 Å². The minimum Gasteiger partial charge on any atom is -0.491 e. The number of halogens is 1. The molecule has 34 heavy (non-hydrogen) atoms. The van der Waals surface area contributed by atoms with Crippen molar-refractivity contribution in [3.63, 3.8) is 0 Å². The number of hydrogen-bond acceptors (Lipinski definition) is 4. The van der Waals surface area contributed by atoms with Gasteiger partial charge in [0, 0.05) is 23.5 Å². The molecule has 8 heteroatoms. The normalized spacial score (nSPS) is 15.7. The quantitative estimate of drug-likeness (QED) is 0.551. The third kappa shape index (κ3) is 7.19. The summed E-state index contributed by atoms with van der Waals surface area (Å²) in [4.78, 5) is 31.2. The monoisotopic (exact) mass is 489 g/mol. The number of nitrogens with zero attached hydrogens (tertiary/aromatic N) is 2. The van der Waals surface area contributed by atoms with Gasteiger partial charge in [-0.25, -0.2) is 9.18 Å². The lowest BCUT2D eigenvalue weighted by Crippen LogP contribution is -2.53. The summed E-state index contributed by atoms with van der Waals surface area (Å²) in [6, 6.07) is 7.44. The minimum atomic E-state index is -0.390. The molecule has 1 aromatic heterocycles. The maximum Gasteiger partial charge on any atom is 0.318 e. The Morgan fingerprint density at radius 2 is 1.94 bits per heavy atom. The van der Waals surface area contributed by atoms with Crippen LogP contribution >= 0.6 is 11.3 Å². The molecule has 1 atom stereocenters. The average molecular weight is 490 g/mol. The van der Waals surface area contributed by atoms with Crippen molar-refractivity contribution in [3.8, 4) is 5.75 Å². The molecule has 3 amide bonds. The van der Waals surface area contributed by atoms with Crippen LogP contribution in [0.2, 0.25) is 0 Å². The summed E-state index contributed by atoms with van der Waals surface area (Å²) in [7, 11) is 0. The Hall–Kier alpha value is -2.61. The van der Waals surface area contributed by atoms with Crippen molar-refractivity contribution < 1.29 is 18.7 Å². The van der Waals surface area contributed by atoms with Crippen LogP contribution in [0.25, 0.3) is 0 Å². The summed E-state index contributed by atoms with van der Waals surface area (Å²) < 4.78 is 19.2. The molecule has 0 saturated carbocycles. The van der Waals surface area contributed by atoms with Crippen LogP contribution in [0.5, 0.6) is 5.75 Å². The number of hydrogen-bond donors (Lipinski definition) is 1. The Kier molecular flexibility index (Phi) is 8.57. The molecule has 186 valence electrons. The maximum atomic E-state index is 13.5. The molecule has 1 aliphatic heterocycles. The van der Waals surface area contributed by atoms with Crippen molar-refractivity contribution in [2.24, 2.45) is 5.92 Å². The smallest absolute Gasteiger partial charge is 0.318 e. The molecule has 1 aliphatic rings. The molecule has 6 nitrogen and oxygen atoms in total. The second-order valence-electron chi connectivity index (χ2n) is 10.2. The number of rotatable bonds is 8. The Labute approximate surface area is 206 Å². The molecular weight excluding hydrogens is 453 g/mol. The predicted molar refractivity (Wildman–Crippen MR) is 134 cm³/mol. The third-order valence-corrected chi connectivity index (χ3v) is 6.70. The van der Waals surface area contributed by atoms with Crippen LogP contribution in [0.3, 0.4) is 0 Å². The highest BCUT2D eigenvalue weighted by Gasteiger charge is 2.34. The van der Waals surface area contributed by atoms with Crippen molar-refractivity contribution in [1.82, 2.24) is 15.1 Å². The van der Waals surface area contributed by atoms with E-state index in [1.807, 2.05) is 37.1 Å². The summed E-state index contributed by atoms with van der Waals surface area (Å²) in [5.74, 6) is 0.550. The van der Waals surface area contributed by atoms with Crippen LogP contribution in [0.15, 0.2) is 35.7 Å². The van der Waals surface area contributed by atoms with Gasteiger partial charge in [0.05, 0.1) is 6.04 Å². The number of urea groups is 1.